The van der Waals surface area contributed by atoms with Crippen LogP contribution in [0.25, 0.3) is 0 Å². The molecule has 1 amide bonds. The van der Waals surface area contributed by atoms with Crippen molar-refractivity contribution in [3.05, 3.63) is 0 Å². The molecule has 1 aliphatic heterocycles. The summed E-state index contributed by atoms with van der Waals surface area (Å²) >= 11 is 0. The second-order valence-corrected chi connectivity index (χ2v) is 3.41. The van der Waals surface area contributed by atoms with Crippen LogP contribution in [0.15, 0.2) is 0 Å². The highest BCUT2D eigenvalue weighted by atomic mass is 19.3. The SMILES string of the molecule is CC(N)C(=O)N1CCC(F)(F)C1C=O. The first-order valence-electron chi connectivity index (χ1n) is 4.29. The van der Waals surface area contributed by atoms with Crippen LogP contribution in [0.5, 0.6) is 0 Å². The molecule has 2 N–H and O–H groups in total. The maximum absolute atomic E-state index is 13.0. The zero-order chi connectivity index (χ0) is 10.9. The Morgan fingerprint density at radius 2 is 2.29 bits per heavy atom. The largest absolute Gasteiger partial charge is 0.325 e. The summed E-state index contributed by atoms with van der Waals surface area (Å²) in [4.78, 5) is 22.6. The van der Waals surface area contributed by atoms with E-state index in [0.717, 1.165) is 4.90 Å². The van der Waals surface area contributed by atoms with E-state index in [0.29, 0.717) is 0 Å². The van der Waals surface area contributed by atoms with E-state index in [1.54, 1.807) is 0 Å². The summed E-state index contributed by atoms with van der Waals surface area (Å²) in [5.74, 6) is -3.73. The molecule has 0 radical (unpaired) electrons. The molecular formula is C8H12F2N2O2. The van der Waals surface area contributed by atoms with Crippen LogP contribution in [0.2, 0.25) is 0 Å². The molecule has 1 rings (SSSR count). The minimum Gasteiger partial charge on any atom is -0.325 e. The maximum atomic E-state index is 13.0. The lowest BCUT2D eigenvalue weighted by Crippen LogP contribution is -2.48. The second kappa shape index (κ2) is 3.61. The Morgan fingerprint density at radius 3 is 2.71 bits per heavy atom. The Labute approximate surface area is 80.0 Å². The first kappa shape index (κ1) is 11.0. The Morgan fingerprint density at radius 1 is 1.71 bits per heavy atom. The van der Waals surface area contributed by atoms with Gasteiger partial charge in [0.05, 0.1) is 6.04 Å². The van der Waals surface area contributed by atoms with Gasteiger partial charge in [0.25, 0.3) is 5.92 Å². The summed E-state index contributed by atoms with van der Waals surface area (Å²) in [6.45, 7) is 1.29. The van der Waals surface area contributed by atoms with E-state index in [1.807, 2.05) is 0 Å². The van der Waals surface area contributed by atoms with Crippen molar-refractivity contribution in [2.45, 2.75) is 31.4 Å². The molecule has 0 aliphatic carbocycles. The highest BCUT2D eigenvalue weighted by molar-refractivity contribution is 5.85. The summed E-state index contributed by atoms with van der Waals surface area (Å²) in [5.41, 5.74) is 5.27. The molecule has 80 valence electrons. The van der Waals surface area contributed by atoms with Crippen molar-refractivity contribution < 1.29 is 18.4 Å². The molecule has 0 saturated carbocycles. The van der Waals surface area contributed by atoms with Crippen molar-refractivity contribution in [2.75, 3.05) is 6.54 Å². The average molecular weight is 206 g/mol. The average Bonchev–Trinajstić information content (AvgIpc) is 2.39. The number of likely N-dealkylation sites (tertiary alicyclic amines) is 1. The summed E-state index contributed by atoms with van der Waals surface area (Å²) in [6, 6.07) is -2.51. The van der Waals surface area contributed by atoms with E-state index in [2.05, 4.69) is 0 Å². The van der Waals surface area contributed by atoms with Crippen molar-refractivity contribution in [1.29, 1.82) is 0 Å². The van der Waals surface area contributed by atoms with E-state index >= 15 is 0 Å². The molecule has 14 heavy (non-hydrogen) atoms. The number of rotatable bonds is 2. The zero-order valence-corrected chi connectivity index (χ0v) is 7.74. The minimum atomic E-state index is -3.12. The van der Waals surface area contributed by atoms with Crippen molar-refractivity contribution in [3.8, 4) is 0 Å². The van der Waals surface area contributed by atoms with Crippen molar-refractivity contribution >= 4 is 12.2 Å². The van der Waals surface area contributed by atoms with Gasteiger partial charge in [0.2, 0.25) is 5.91 Å². The van der Waals surface area contributed by atoms with Gasteiger partial charge in [-0.05, 0) is 6.92 Å². The molecule has 0 aromatic heterocycles. The Balaban J connectivity index is 2.83. The maximum Gasteiger partial charge on any atom is 0.276 e. The lowest BCUT2D eigenvalue weighted by molar-refractivity contribution is -0.141. The van der Waals surface area contributed by atoms with Crippen molar-refractivity contribution in [2.24, 2.45) is 5.73 Å². The molecule has 4 nitrogen and oxygen atoms in total. The Bertz CT molecular complexity index is 256. The standard InChI is InChI=1S/C8H12F2N2O2/c1-5(11)7(14)12-3-2-8(9,10)6(12)4-13/h4-6H,2-3,11H2,1H3. The fourth-order valence-electron chi connectivity index (χ4n) is 1.47. The number of hydrogen-bond donors (Lipinski definition) is 1. The Hall–Kier alpha value is -1.04. The van der Waals surface area contributed by atoms with E-state index in [4.69, 9.17) is 5.73 Å². The quantitative estimate of drug-likeness (QED) is 0.635. The number of aldehydes is 1. The van der Waals surface area contributed by atoms with E-state index < -0.39 is 30.3 Å². The highest BCUT2D eigenvalue weighted by Crippen LogP contribution is 2.32. The number of alkyl halides is 2. The minimum absolute atomic E-state index is 0.104. The van der Waals surface area contributed by atoms with E-state index in [9.17, 15) is 18.4 Å². The van der Waals surface area contributed by atoms with Gasteiger partial charge in [-0.2, -0.15) is 0 Å². The van der Waals surface area contributed by atoms with Gasteiger partial charge in [-0.3, -0.25) is 4.79 Å². The molecular weight excluding hydrogens is 194 g/mol. The summed E-state index contributed by atoms with van der Waals surface area (Å²) < 4.78 is 26.0. The van der Waals surface area contributed by atoms with Crippen molar-refractivity contribution in [1.82, 2.24) is 4.90 Å². The van der Waals surface area contributed by atoms with Gasteiger partial charge in [-0.1, -0.05) is 0 Å². The number of hydrogen-bond acceptors (Lipinski definition) is 3. The van der Waals surface area contributed by atoms with Gasteiger partial charge in [0, 0.05) is 13.0 Å². The molecule has 1 fully saturated rings. The molecule has 1 aliphatic rings. The third kappa shape index (κ3) is 1.75. The molecule has 2 unspecified atom stereocenters. The van der Waals surface area contributed by atoms with Crippen LogP contribution in [0.3, 0.4) is 0 Å². The zero-order valence-electron chi connectivity index (χ0n) is 7.74. The molecule has 0 bridgehead atoms. The summed E-state index contributed by atoms with van der Waals surface area (Å²) in [5, 5.41) is 0. The van der Waals surface area contributed by atoms with Gasteiger partial charge in [-0.25, -0.2) is 8.78 Å². The smallest absolute Gasteiger partial charge is 0.276 e. The molecule has 0 spiro atoms. The molecule has 6 heteroatoms. The normalized spacial score (nSPS) is 27.4. The van der Waals surface area contributed by atoms with Gasteiger partial charge in [-0.15, -0.1) is 0 Å². The monoisotopic (exact) mass is 206 g/mol. The Kier molecular flexibility index (Phi) is 2.84. The predicted octanol–water partition coefficient (Wildman–Crippen LogP) is -0.231. The third-order valence-electron chi connectivity index (χ3n) is 2.26. The third-order valence-corrected chi connectivity index (χ3v) is 2.26. The van der Waals surface area contributed by atoms with Gasteiger partial charge in [0.15, 0.2) is 6.04 Å². The second-order valence-electron chi connectivity index (χ2n) is 3.41. The molecule has 1 saturated heterocycles. The summed E-state index contributed by atoms with van der Waals surface area (Å²) in [6.07, 6.45) is -0.373. The molecule has 0 aromatic rings. The number of carbonyl (C=O) groups is 2. The van der Waals surface area contributed by atoms with Crippen LogP contribution in [0.4, 0.5) is 8.78 Å². The number of nitrogens with two attached hydrogens (primary N) is 1. The number of halogens is 2. The fourth-order valence-corrected chi connectivity index (χ4v) is 1.47. The lowest BCUT2D eigenvalue weighted by atomic mass is 10.1. The lowest BCUT2D eigenvalue weighted by Gasteiger charge is -2.24. The molecule has 0 aromatic carbocycles. The van der Waals surface area contributed by atoms with Crippen LogP contribution in [-0.2, 0) is 9.59 Å². The molecule has 1 heterocycles. The number of amides is 1. The van der Waals surface area contributed by atoms with Gasteiger partial charge >= 0.3 is 0 Å². The van der Waals surface area contributed by atoms with E-state index in [-0.39, 0.29) is 12.8 Å². The van der Waals surface area contributed by atoms with Crippen molar-refractivity contribution in [3.63, 3.8) is 0 Å². The fraction of sp³-hybridized carbons (Fsp3) is 0.750. The van der Waals surface area contributed by atoms with E-state index in [1.165, 1.54) is 6.92 Å². The highest BCUT2D eigenvalue weighted by Gasteiger charge is 2.50. The first-order chi connectivity index (χ1) is 6.40. The molecule has 2 atom stereocenters. The van der Waals surface area contributed by atoms with Crippen LogP contribution >= 0.6 is 0 Å². The number of nitrogens with zero attached hydrogens (tertiary/aromatic N) is 1. The van der Waals surface area contributed by atoms with Crippen LogP contribution in [0, 0.1) is 0 Å². The topological polar surface area (TPSA) is 63.4 Å². The number of carbonyl (C=O) groups excluding carboxylic acids is 2. The first-order valence-corrected chi connectivity index (χ1v) is 4.29. The summed E-state index contributed by atoms with van der Waals surface area (Å²) in [7, 11) is 0. The van der Waals surface area contributed by atoms with Crippen LogP contribution in [-0.4, -0.2) is 41.6 Å². The predicted molar refractivity (Wildman–Crippen MR) is 44.8 cm³/mol. The van der Waals surface area contributed by atoms with Crippen LogP contribution < -0.4 is 5.73 Å². The van der Waals surface area contributed by atoms with Crippen LogP contribution in [0.1, 0.15) is 13.3 Å². The van der Waals surface area contributed by atoms with Gasteiger partial charge < -0.3 is 15.4 Å². The van der Waals surface area contributed by atoms with Gasteiger partial charge in [0.1, 0.15) is 6.29 Å².